The van der Waals surface area contributed by atoms with Crippen molar-refractivity contribution in [2.45, 2.75) is 27.3 Å². The van der Waals surface area contributed by atoms with Gasteiger partial charge in [-0.15, -0.1) is 0 Å². The molecule has 0 radical (unpaired) electrons. The van der Waals surface area contributed by atoms with Crippen LogP contribution in [0.25, 0.3) is 0 Å². The van der Waals surface area contributed by atoms with Crippen LogP contribution in [0.1, 0.15) is 22.4 Å². The fourth-order valence-electron chi connectivity index (χ4n) is 2.01. The molecule has 0 aliphatic rings. The molecular formula is C13H16N4O2. The number of hydrogen-bond donors (Lipinski definition) is 1. The Labute approximate surface area is 111 Å². The molecule has 0 spiro atoms. The van der Waals surface area contributed by atoms with Crippen LogP contribution < -0.4 is 5.73 Å². The van der Waals surface area contributed by atoms with Gasteiger partial charge in [0.1, 0.15) is 5.69 Å². The number of anilines is 1. The van der Waals surface area contributed by atoms with Gasteiger partial charge in [0.05, 0.1) is 11.5 Å². The van der Waals surface area contributed by atoms with E-state index in [2.05, 4.69) is 5.10 Å². The van der Waals surface area contributed by atoms with Gasteiger partial charge >= 0.3 is 5.69 Å². The SMILES string of the molecule is Cc1ccc(Cn2nc(C)c([N+](=O)[O-])c2N)cc1C. The summed E-state index contributed by atoms with van der Waals surface area (Å²) in [5.74, 6) is 0.0979. The predicted molar refractivity (Wildman–Crippen MR) is 73.0 cm³/mol. The molecule has 1 aromatic heterocycles. The topological polar surface area (TPSA) is 87.0 Å². The molecule has 0 bridgehead atoms. The Morgan fingerprint density at radius 3 is 2.53 bits per heavy atom. The predicted octanol–water partition coefficient (Wildman–Crippen LogP) is 2.35. The van der Waals surface area contributed by atoms with Gasteiger partial charge in [-0.3, -0.25) is 10.1 Å². The molecule has 6 nitrogen and oxygen atoms in total. The first-order chi connectivity index (χ1) is 8.90. The molecule has 0 amide bonds. The van der Waals surface area contributed by atoms with Gasteiger partial charge in [0.25, 0.3) is 0 Å². The lowest BCUT2D eigenvalue weighted by Crippen LogP contribution is -2.07. The maximum atomic E-state index is 10.9. The summed E-state index contributed by atoms with van der Waals surface area (Å²) in [4.78, 5) is 10.4. The third-order valence-electron chi connectivity index (χ3n) is 3.22. The van der Waals surface area contributed by atoms with Crippen LogP contribution in [0.5, 0.6) is 0 Å². The van der Waals surface area contributed by atoms with Crippen molar-refractivity contribution in [2.75, 3.05) is 5.73 Å². The van der Waals surface area contributed by atoms with E-state index in [0.29, 0.717) is 12.2 Å². The molecule has 0 fully saturated rings. The minimum Gasteiger partial charge on any atom is -0.378 e. The molecule has 19 heavy (non-hydrogen) atoms. The van der Waals surface area contributed by atoms with Gasteiger partial charge in [0.2, 0.25) is 5.82 Å². The van der Waals surface area contributed by atoms with Gasteiger partial charge in [-0.2, -0.15) is 5.10 Å². The lowest BCUT2D eigenvalue weighted by Gasteiger charge is -2.06. The standard InChI is InChI=1S/C13H16N4O2/c1-8-4-5-11(6-9(8)2)7-16-13(14)12(17(18)19)10(3)15-16/h4-6H,7,14H2,1-3H3. The van der Waals surface area contributed by atoms with E-state index in [-0.39, 0.29) is 11.5 Å². The molecular weight excluding hydrogens is 244 g/mol. The number of nitrogens with zero attached hydrogens (tertiary/aromatic N) is 3. The fourth-order valence-corrected chi connectivity index (χ4v) is 2.01. The lowest BCUT2D eigenvalue weighted by molar-refractivity contribution is -0.384. The van der Waals surface area contributed by atoms with Crippen molar-refractivity contribution in [1.82, 2.24) is 9.78 Å². The third kappa shape index (κ3) is 2.42. The van der Waals surface area contributed by atoms with Crippen molar-refractivity contribution in [1.29, 1.82) is 0 Å². The van der Waals surface area contributed by atoms with Gasteiger partial charge in [0.15, 0.2) is 0 Å². The molecule has 2 N–H and O–H groups in total. The number of benzene rings is 1. The van der Waals surface area contributed by atoms with Gasteiger partial charge < -0.3 is 5.73 Å². The Balaban J connectivity index is 2.36. The van der Waals surface area contributed by atoms with Crippen molar-refractivity contribution in [3.63, 3.8) is 0 Å². The molecule has 2 aromatic rings. The minimum absolute atomic E-state index is 0.0979. The molecule has 0 aliphatic carbocycles. The molecule has 0 saturated carbocycles. The molecule has 6 heteroatoms. The number of hydrogen-bond acceptors (Lipinski definition) is 4. The zero-order chi connectivity index (χ0) is 14.2. The molecule has 0 aliphatic heterocycles. The molecule has 0 unspecified atom stereocenters. The van der Waals surface area contributed by atoms with Gasteiger partial charge in [-0.1, -0.05) is 18.2 Å². The smallest absolute Gasteiger partial charge is 0.333 e. The first-order valence-corrected chi connectivity index (χ1v) is 5.93. The monoisotopic (exact) mass is 260 g/mol. The summed E-state index contributed by atoms with van der Waals surface area (Å²) >= 11 is 0. The van der Waals surface area contributed by atoms with Crippen LogP contribution in [0.2, 0.25) is 0 Å². The zero-order valence-electron chi connectivity index (χ0n) is 11.2. The van der Waals surface area contributed by atoms with Crippen molar-refractivity contribution < 1.29 is 4.92 Å². The fraction of sp³-hybridized carbons (Fsp3) is 0.308. The third-order valence-corrected chi connectivity index (χ3v) is 3.22. The van der Waals surface area contributed by atoms with Crippen LogP contribution in [0.15, 0.2) is 18.2 Å². The molecule has 0 saturated heterocycles. The van der Waals surface area contributed by atoms with E-state index < -0.39 is 4.92 Å². The maximum Gasteiger partial charge on any atom is 0.333 e. The number of nitrogens with two attached hydrogens (primary N) is 1. The van der Waals surface area contributed by atoms with E-state index in [1.807, 2.05) is 32.0 Å². The number of aromatic nitrogens is 2. The summed E-state index contributed by atoms with van der Waals surface area (Å²) in [5, 5.41) is 15.0. The molecule has 0 atom stereocenters. The van der Waals surface area contributed by atoms with Gasteiger partial charge in [-0.05, 0) is 37.5 Å². The Kier molecular flexibility index (Phi) is 3.25. The van der Waals surface area contributed by atoms with Gasteiger partial charge in [-0.25, -0.2) is 4.68 Å². The average molecular weight is 260 g/mol. The molecule has 1 aromatic carbocycles. The average Bonchev–Trinajstić information content (AvgIpc) is 2.59. The summed E-state index contributed by atoms with van der Waals surface area (Å²) in [6.07, 6.45) is 0. The van der Waals surface area contributed by atoms with Crippen LogP contribution in [0, 0.1) is 30.9 Å². The lowest BCUT2D eigenvalue weighted by atomic mass is 10.1. The van der Waals surface area contributed by atoms with Crippen LogP contribution >= 0.6 is 0 Å². The minimum atomic E-state index is -0.492. The number of nitro groups is 1. The Hall–Kier alpha value is -2.37. The van der Waals surface area contributed by atoms with Crippen molar-refractivity contribution in [2.24, 2.45) is 0 Å². The highest BCUT2D eigenvalue weighted by molar-refractivity contribution is 5.56. The van der Waals surface area contributed by atoms with Crippen LogP contribution in [-0.4, -0.2) is 14.7 Å². The van der Waals surface area contributed by atoms with Gasteiger partial charge in [0, 0.05) is 0 Å². The maximum absolute atomic E-state index is 10.9. The summed E-state index contributed by atoms with van der Waals surface area (Å²) in [6.45, 7) is 6.09. The Morgan fingerprint density at radius 2 is 2.00 bits per heavy atom. The summed E-state index contributed by atoms with van der Waals surface area (Å²) in [5.41, 5.74) is 9.42. The second-order valence-corrected chi connectivity index (χ2v) is 4.65. The number of aryl methyl sites for hydroxylation is 3. The summed E-state index contributed by atoms with van der Waals surface area (Å²) < 4.78 is 1.47. The number of rotatable bonds is 3. The first-order valence-electron chi connectivity index (χ1n) is 5.93. The van der Waals surface area contributed by atoms with Crippen molar-refractivity contribution in [3.05, 3.63) is 50.7 Å². The van der Waals surface area contributed by atoms with Crippen LogP contribution in [0.4, 0.5) is 11.5 Å². The van der Waals surface area contributed by atoms with Crippen LogP contribution in [-0.2, 0) is 6.54 Å². The first kappa shape index (κ1) is 13.1. The Morgan fingerprint density at radius 1 is 1.32 bits per heavy atom. The summed E-state index contributed by atoms with van der Waals surface area (Å²) in [7, 11) is 0. The van der Waals surface area contributed by atoms with Crippen molar-refractivity contribution in [3.8, 4) is 0 Å². The zero-order valence-corrected chi connectivity index (χ0v) is 11.2. The van der Waals surface area contributed by atoms with E-state index >= 15 is 0 Å². The normalized spacial score (nSPS) is 10.7. The Bertz CT molecular complexity index is 646. The molecule has 1 heterocycles. The molecule has 100 valence electrons. The van der Waals surface area contributed by atoms with Crippen molar-refractivity contribution >= 4 is 11.5 Å². The highest BCUT2D eigenvalue weighted by atomic mass is 16.6. The summed E-state index contributed by atoms with van der Waals surface area (Å²) in [6, 6.07) is 6.04. The van der Waals surface area contributed by atoms with E-state index in [1.54, 1.807) is 6.92 Å². The second kappa shape index (κ2) is 4.72. The number of nitrogen functional groups attached to an aromatic ring is 1. The van der Waals surface area contributed by atoms with E-state index in [0.717, 1.165) is 5.56 Å². The van der Waals surface area contributed by atoms with E-state index in [4.69, 9.17) is 5.73 Å². The highest BCUT2D eigenvalue weighted by Crippen LogP contribution is 2.25. The van der Waals surface area contributed by atoms with E-state index in [9.17, 15) is 10.1 Å². The van der Waals surface area contributed by atoms with E-state index in [1.165, 1.54) is 15.8 Å². The largest absolute Gasteiger partial charge is 0.378 e. The molecule has 2 rings (SSSR count). The second-order valence-electron chi connectivity index (χ2n) is 4.65. The highest BCUT2D eigenvalue weighted by Gasteiger charge is 2.22. The van der Waals surface area contributed by atoms with Crippen LogP contribution in [0.3, 0.4) is 0 Å². The quantitative estimate of drug-likeness (QED) is 0.677.